The van der Waals surface area contributed by atoms with E-state index in [9.17, 15) is 12.8 Å². The molecule has 0 spiro atoms. The Morgan fingerprint density at radius 2 is 2.12 bits per heavy atom. The quantitative estimate of drug-likeness (QED) is 0.811. The van der Waals surface area contributed by atoms with Gasteiger partial charge in [0.15, 0.2) is 9.84 Å². The van der Waals surface area contributed by atoms with Crippen LogP contribution in [0, 0.1) is 17.1 Å². The molecule has 92 valence electrons. The van der Waals surface area contributed by atoms with Crippen molar-refractivity contribution in [2.75, 3.05) is 5.75 Å². The number of benzene rings is 1. The Labute approximate surface area is 101 Å². The molecule has 0 bridgehead atoms. The predicted octanol–water partition coefficient (Wildman–Crippen LogP) is 2.41. The predicted molar refractivity (Wildman–Crippen MR) is 63.5 cm³/mol. The molecule has 3 nitrogen and oxygen atoms in total. The van der Waals surface area contributed by atoms with Gasteiger partial charge in [0.2, 0.25) is 0 Å². The molecule has 0 saturated heterocycles. The van der Waals surface area contributed by atoms with Crippen molar-refractivity contribution in [3.8, 4) is 6.07 Å². The van der Waals surface area contributed by atoms with E-state index in [2.05, 4.69) is 0 Å². The van der Waals surface area contributed by atoms with Gasteiger partial charge in [0, 0.05) is 5.56 Å². The van der Waals surface area contributed by atoms with Crippen molar-refractivity contribution >= 4 is 9.84 Å². The van der Waals surface area contributed by atoms with E-state index in [1.807, 2.05) is 13.0 Å². The number of halogens is 1. The molecule has 0 unspecified atom stereocenters. The van der Waals surface area contributed by atoms with E-state index >= 15 is 0 Å². The molecule has 0 fully saturated rings. The topological polar surface area (TPSA) is 57.9 Å². The number of rotatable bonds is 5. The van der Waals surface area contributed by atoms with Crippen LogP contribution in [0.5, 0.6) is 0 Å². The number of hydrogen-bond acceptors (Lipinski definition) is 3. The van der Waals surface area contributed by atoms with Gasteiger partial charge in [0.25, 0.3) is 0 Å². The maximum absolute atomic E-state index is 13.4. The first-order chi connectivity index (χ1) is 7.98. The number of sulfone groups is 1. The highest BCUT2D eigenvalue weighted by atomic mass is 32.2. The zero-order valence-corrected chi connectivity index (χ0v) is 10.4. The van der Waals surface area contributed by atoms with Crippen LogP contribution in [0.3, 0.4) is 0 Å². The third kappa shape index (κ3) is 4.16. The Bertz CT molecular complexity index is 532. The number of unbranched alkanes of at least 4 members (excludes halogenated alkanes) is 1. The Morgan fingerprint density at radius 1 is 1.41 bits per heavy atom. The lowest BCUT2D eigenvalue weighted by molar-refractivity contribution is 0.584. The second-order valence-corrected chi connectivity index (χ2v) is 6.05. The van der Waals surface area contributed by atoms with Crippen molar-refractivity contribution < 1.29 is 12.8 Å². The zero-order valence-electron chi connectivity index (χ0n) is 9.61. The van der Waals surface area contributed by atoms with E-state index in [4.69, 9.17) is 5.26 Å². The van der Waals surface area contributed by atoms with Gasteiger partial charge in [-0.1, -0.05) is 13.3 Å². The van der Waals surface area contributed by atoms with E-state index in [-0.39, 0.29) is 22.6 Å². The van der Waals surface area contributed by atoms with E-state index in [0.29, 0.717) is 6.42 Å². The third-order valence-corrected chi connectivity index (χ3v) is 4.02. The SMILES string of the molecule is CCCCS(=O)(=O)Cc1cc(C#N)ccc1F. The van der Waals surface area contributed by atoms with Crippen LogP contribution in [-0.4, -0.2) is 14.2 Å². The van der Waals surface area contributed by atoms with Gasteiger partial charge < -0.3 is 0 Å². The first-order valence-corrected chi connectivity index (χ1v) is 7.19. The molecule has 0 saturated carbocycles. The van der Waals surface area contributed by atoms with Gasteiger partial charge in [-0.2, -0.15) is 5.26 Å². The molecule has 0 aliphatic heterocycles. The monoisotopic (exact) mass is 255 g/mol. The highest BCUT2D eigenvalue weighted by Gasteiger charge is 2.14. The molecule has 1 rings (SSSR count). The van der Waals surface area contributed by atoms with Crippen LogP contribution in [0.4, 0.5) is 4.39 Å². The van der Waals surface area contributed by atoms with Gasteiger partial charge in [-0.15, -0.1) is 0 Å². The molecule has 5 heteroatoms. The summed E-state index contributed by atoms with van der Waals surface area (Å²) in [6.45, 7) is 1.90. The fourth-order valence-corrected chi connectivity index (χ4v) is 3.00. The molecule has 0 radical (unpaired) electrons. The van der Waals surface area contributed by atoms with E-state index in [1.165, 1.54) is 12.1 Å². The Hall–Kier alpha value is -1.41. The van der Waals surface area contributed by atoms with Gasteiger partial charge in [-0.3, -0.25) is 0 Å². The molecular weight excluding hydrogens is 241 g/mol. The van der Waals surface area contributed by atoms with Gasteiger partial charge >= 0.3 is 0 Å². The molecule has 1 aromatic rings. The number of nitriles is 1. The summed E-state index contributed by atoms with van der Waals surface area (Å²) in [6.07, 6.45) is 1.35. The summed E-state index contributed by atoms with van der Waals surface area (Å²) >= 11 is 0. The van der Waals surface area contributed by atoms with E-state index in [1.54, 1.807) is 0 Å². The van der Waals surface area contributed by atoms with Crippen molar-refractivity contribution in [1.82, 2.24) is 0 Å². The Balaban J connectivity index is 2.91. The summed E-state index contributed by atoms with van der Waals surface area (Å²) in [6, 6.07) is 5.61. The minimum absolute atomic E-state index is 0.0553. The van der Waals surface area contributed by atoms with Crippen LogP contribution >= 0.6 is 0 Å². The minimum atomic E-state index is -3.29. The summed E-state index contributed by atoms with van der Waals surface area (Å²) in [5.41, 5.74) is 0.340. The molecule has 0 aromatic heterocycles. The Kier molecular flexibility index (Phi) is 4.64. The molecule has 0 atom stereocenters. The van der Waals surface area contributed by atoms with Gasteiger partial charge in [0.05, 0.1) is 23.1 Å². The third-order valence-electron chi connectivity index (χ3n) is 2.36. The zero-order chi connectivity index (χ0) is 12.9. The summed E-state index contributed by atoms with van der Waals surface area (Å²) in [7, 11) is -3.29. The highest BCUT2D eigenvalue weighted by molar-refractivity contribution is 7.90. The van der Waals surface area contributed by atoms with Crippen molar-refractivity contribution in [2.24, 2.45) is 0 Å². The van der Waals surface area contributed by atoms with Crippen LogP contribution in [0.25, 0.3) is 0 Å². The van der Waals surface area contributed by atoms with Crippen molar-refractivity contribution in [1.29, 1.82) is 5.26 Å². The second-order valence-electron chi connectivity index (χ2n) is 3.86. The first kappa shape index (κ1) is 13.7. The minimum Gasteiger partial charge on any atom is -0.228 e. The molecule has 17 heavy (non-hydrogen) atoms. The first-order valence-electron chi connectivity index (χ1n) is 5.37. The van der Waals surface area contributed by atoms with Crippen LogP contribution in [0.1, 0.15) is 30.9 Å². The lowest BCUT2D eigenvalue weighted by Crippen LogP contribution is -2.10. The summed E-state index contributed by atoms with van der Waals surface area (Å²) < 4.78 is 36.7. The van der Waals surface area contributed by atoms with Crippen molar-refractivity contribution in [3.63, 3.8) is 0 Å². The van der Waals surface area contributed by atoms with Gasteiger partial charge in [-0.25, -0.2) is 12.8 Å². The van der Waals surface area contributed by atoms with Gasteiger partial charge in [0.1, 0.15) is 5.82 Å². The lowest BCUT2D eigenvalue weighted by atomic mass is 10.1. The summed E-state index contributed by atoms with van der Waals surface area (Å²) in [5.74, 6) is -0.863. The molecule has 0 aliphatic rings. The van der Waals surface area contributed by atoms with Crippen LogP contribution in [0.2, 0.25) is 0 Å². The Morgan fingerprint density at radius 3 is 2.71 bits per heavy atom. The smallest absolute Gasteiger partial charge is 0.154 e. The molecule has 1 aromatic carbocycles. The average Bonchev–Trinajstić information content (AvgIpc) is 2.29. The standard InChI is InChI=1S/C12H14FNO2S/c1-2-3-6-17(15,16)9-11-7-10(8-14)4-5-12(11)13/h4-5,7H,2-3,6,9H2,1H3. The van der Waals surface area contributed by atoms with Crippen LogP contribution in [0.15, 0.2) is 18.2 Å². The summed E-state index contributed by atoms with van der Waals surface area (Å²) in [5, 5.41) is 8.67. The van der Waals surface area contributed by atoms with E-state index in [0.717, 1.165) is 12.5 Å². The fraction of sp³-hybridized carbons (Fsp3) is 0.417. The fourth-order valence-electron chi connectivity index (χ4n) is 1.43. The molecule has 0 N–H and O–H groups in total. The summed E-state index contributed by atoms with van der Waals surface area (Å²) in [4.78, 5) is 0. The molecule has 0 aliphatic carbocycles. The largest absolute Gasteiger partial charge is 0.228 e. The average molecular weight is 255 g/mol. The molecular formula is C12H14FNO2S. The van der Waals surface area contributed by atoms with Crippen LogP contribution in [-0.2, 0) is 15.6 Å². The normalized spacial score (nSPS) is 11.1. The van der Waals surface area contributed by atoms with Crippen molar-refractivity contribution in [3.05, 3.63) is 35.1 Å². The van der Waals surface area contributed by atoms with Crippen molar-refractivity contribution in [2.45, 2.75) is 25.5 Å². The number of nitrogens with zero attached hydrogens (tertiary/aromatic N) is 1. The second kappa shape index (κ2) is 5.78. The maximum atomic E-state index is 13.4. The molecule has 0 amide bonds. The number of hydrogen-bond donors (Lipinski definition) is 0. The van der Waals surface area contributed by atoms with Crippen LogP contribution < -0.4 is 0 Å². The maximum Gasteiger partial charge on any atom is 0.154 e. The molecule has 0 heterocycles. The van der Waals surface area contributed by atoms with Gasteiger partial charge in [-0.05, 0) is 24.6 Å². The lowest BCUT2D eigenvalue weighted by Gasteiger charge is -2.05. The highest BCUT2D eigenvalue weighted by Crippen LogP contribution is 2.14. The van der Waals surface area contributed by atoms with E-state index < -0.39 is 15.7 Å².